The highest BCUT2D eigenvalue weighted by Crippen LogP contribution is 2.44. The van der Waals surface area contributed by atoms with Crippen molar-refractivity contribution in [2.45, 2.75) is 26.3 Å². The van der Waals surface area contributed by atoms with Crippen LogP contribution in [0.5, 0.6) is 11.5 Å². The lowest BCUT2D eigenvalue weighted by atomic mass is 10.1. The second-order valence-electron chi connectivity index (χ2n) is 4.92. The van der Waals surface area contributed by atoms with Crippen LogP contribution in [0, 0.1) is 5.41 Å². The first-order valence-corrected chi connectivity index (χ1v) is 5.23. The van der Waals surface area contributed by atoms with E-state index in [0.29, 0.717) is 0 Å². The predicted octanol–water partition coefficient (Wildman–Crippen LogP) is 1.63. The molecule has 2 rings (SSSR count). The number of hydrogen-bond acceptors (Lipinski definition) is 3. The molecule has 1 aromatic carbocycles. The highest BCUT2D eigenvalue weighted by Gasteiger charge is 2.46. The van der Waals surface area contributed by atoms with Crippen molar-refractivity contribution in [1.82, 2.24) is 5.32 Å². The summed E-state index contributed by atoms with van der Waals surface area (Å²) in [5, 5.41) is 21.6. The minimum absolute atomic E-state index is 0.0296. The molecule has 1 aliphatic carbocycles. The van der Waals surface area contributed by atoms with Gasteiger partial charge in [0.1, 0.15) is 11.5 Å². The number of nitrogens with one attached hydrogen (secondary N) is 1. The van der Waals surface area contributed by atoms with E-state index in [4.69, 9.17) is 0 Å². The summed E-state index contributed by atoms with van der Waals surface area (Å²) in [6.45, 7) is 4.14. The molecular formula is C12H15NO3. The summed E-state index contributed by atoms with van der Waals surface area (Å²) in [4.78, 5) is 11.8. The van der Waals surface area contributed by atoms with E-state index in [9.17, 15) is 15.0 Å². The van der Waals surface area contributed by atoms with E-state index in [1.165, 1.54) is 18.2 Å². The Hall–Kier alpha value is -1.71. The molecule has 0 bridgehead atoms. The Labute approximate surface area is 93.9 Å². The van der Waals surface area contributed by atoms with Gasteiger partial charge in [0.25, 0.3) is 5.91 Å². The molecule has 3 N–H and O–H groups in total. The van der Waals surface area contributed by atoms with Gasteiger partial charge in [0.15, 0.2) is 0 Å². The van der Waals surface area contributed by atoms with Gasteiger partial charge < -0.3 is 15.5 Å². The molecule has 0 aromatic heterocycles. The molecule has 1 saturated carbocycles. The topological polar surface area (TPSA) is 69.6 Å². The minimum atomic E-state index is -0.344. The molecule has 86 valence electrons. The van der Waals surface area contributed by atoms with Gasteiger partial charge in [0.2, 0.25) is 0 Å². The smallest absolute Gasteiger partial charge is 0.255 e. The zero-order valence-corrected chi connectivity index (χ0v) is 9.32. The van der Waals surface area contributed by atoms with Gasteiger partial charge in [-0.05, 0) is 30.0 Å². The lowest BCUT2D eigenvalue weighted by Gasteiger charge is -2.08. The van der Waals surface area contributed by atoms with Gasteiger partial charge >= 0.3 is 0 Å². The number of phenolic OH excluding ortho intramolecular Hbond substituents is 2. The number of hydrogen-bond donors (Lipinski definition) is 3. The first-order valence-electron chi connectivity index (χ1n) is 5.23. The molecule has 0 aliphatic heterocycles. The molecule has 0 saturated heterocycles. The molecule has 1 amide bonds. The summed E-state index contributed by atoms with van der Waals surface area (Å²) in [6.07, 6.45) is 0.943. The van der Waals surface area contributed by atoms with Crippen LogP contribution in [-0.2, 0) is 0 Å². The molecule has 1 atom stereocenters. The number of rotatable bonds is 2. The van der Waals surface area contributed by atoms with Gasteiger partial charge in [-0.1, -0.05) is 13.8 Å². The van der Waals surface area contributed by atoms with E-state index >= 15 is 0 Å². The fourth-order valence-corrected chi connectivity index (χ4v) is 1.66. The molecule has 1 fully saturated rings. The van der Waals surface area contributed by atoms with Crippen LogP contribution < -0.4 is 5.32 Å². The molecule has 0 heterocycles. The van der Waals surface area contributed by atoms with Crippen LogP contribution in [0.4, 0.5) is 0 Å². The number of phenols is 2. The van der Waals surface area contributed by atoms with Crippen molar-refractivity contribution in [2.75, 3.05) is 0 Å². The van der Waals surface area contributed by atoms with E-state index in [0.717, 1.165) is 6.42 Å². The van der Waals surface area contributed by atoms with Crippen LogP contribution in [0.2, 0.25) is 0 Å². The Bertz CT molecular complexity index is 440. The molecule has 16 heavy (non-hydrogen) atoms. The first-order chi connectivity index (χ1) is 7.40. The Morgan fingerprint density at radius 3 is 2.62 bits per heavy atom. The molecule has 1 aromatic rings. The number of aromatic hydroxyl groups is 2. The standard InChI is InChI=1S/C12H15NO3/c1-12(2)6-10(12)13-11(16)8-5-7(14)3-4-9(8)15/h3-5,10,14-15H,6H2,1-2H3,(H,13,16). The zero-order chi connectivity index (χ0) is 11.9. The van der Waals surface area contributed by atoms with Crippen molar-refractivity contribution < 1.29 is 15.0 Å². The molecule has 1 unspecified atom stereocenters. The van der Waals surface area contributed by atoms with Crippen molar-refractivity contribution in [3.05, 3.63) is 23.8 Å². The van der Waals surface area contributed by atoms with Gasteiger partial charge in [-0.25, -0.2) is 0 Å². The lowest BCUT2D eigenvalue weighted by molar-refractivity contribution is 0.0943. The van der Waals surface area contributed by atoms with Crippen LogP contribution in [0.3, 0.4) is 0 Å². The molecule has 4 heteroatoms. The normalized spacial score (nSPS) is 21.5. The lowest BCUT2D eigenvalue weighted by Crippen LogP contribution is -2.28. The summed E-state index contributed by atoms with van der Waals surface area (Å²) in [5.74, 6) is -0.490. The van der Waals surface area contributed by atoms with Gasteiger partial charge in [-0.2, -0.15) is 0 Å². The third kappa shape index (κ3) is 1.96. The summed E-state index contributed by atoms with van der Waals surface area (Å²) in [7, 11) is 0. The molecular weight excluding hydrogens is 206 g/mol. The summed E-state index contributed by atoms with van der Waals surface area (Å²) >= 11 is 0. The van der Waals surface area contributed by atoms with Crippen molar-refractivity contribution in [2.24, 2.45) is 5.41 Å². The van der Waals surface area contributed by atoms with Crippen molar-refractivity contribution >= 4 is 5.91 Å². The summed E-state index contributed by atoms with van der Waals surface area (Å²) < 4.78 is 0. The monoisotopic (exact) mass is 221 g/mol. The van der Waals surface area contributed by atoms with Crippen molar-refractivity contribution in [3.63, 3.8) is 0 Å². The zero-order valence-electron chi connectivity index (χ0n) is 9.32. The van der Waals surface area contributed by atoms with Crippen LogP contribution in [0.1, 0.15) is 30.6 Å². The number of benzene rings is 1. The maximum atomic E-state index is 11.8. The third-order valence-electron chi connectivity index (χ3n) is 3.04. The molecule has 0 radical (unpaired) electrons. The van der Waals surface area contributed by atoms with E-state index in [-0.39, 0.29) is 34.4 Å². The largest absolute Gasteiger partial charge is 0.508 e. The number of carbonyl (C=O) groups is 1. The van der Waals surface area contributed by atoms with E-state index in [1.807, 2.05) is 0 Å². The average molecular weight is 221 g/mol. The van der Waals surface area contributed by atoms with Gasteiger partial charge in [0.05, 0.1) is 5.56 Å². The highest BCUT2D eigenvalue weighted by molar-refractivity contribution is 5.97. The third-order valence-corrected chi connectivity index (χ3v) is 3.04. The van der Waals surface area contributed by atoms with Gasteiger partial charge in [-0.3, -0.25) is 4.79 Å². The van der Waals surface area contributed by atoms with Crippen LogP contribution in [-0.4, -0.2) is 22.2 Å². The van der Waals surface area contributed by atoms with Crippen LogP contribution in [0.25, 0.3) is 0 Å². The molecule has 4 nitrogen and oxygen atoms in total. The Balaban J connectivity index is 2.12. The molecule has 1 aliphatic rings. The Kier molecular flexibility index (Phi) is 2.30. The maximum absolute atomic E-state index is 11.8. The average Bonchev–Trinajstić information content (AvgIpc) is 2.77. The van der Waals surface area contributed by atoms with E-state index < -0.39 is 0 Å². The fraction of sp³-hybridized carbons (Fsp3) is 0.417. The summed E-state index contributed by atoms with van der Waals surface area (Å²) in [6, 6.07) is 4.07. The van der Waals surface area contributed by atoms with Gasteiger partial charge in [0, 0.05) is 6.04 Å². The Morgan fingerprint density at radius 1 is 1.44 bits per heavy atom. The number of carbonyl (C=O) groups excluding carboxylic acids is 1. The molecule has 0 spiro atoms. The highest BCUT2D eigenvalue weighted by atomic mass is 16.3. The second kappa shape index (κ2) is 3.40. The van der Waals surface area contributed by atoms with Crippen molar-refractivity contribution in [1.29, 1.82) is 0 Å². The van der Waals surface area contributed by atoms with Gasteiger partial charge in [-0.15, -0.1) is 0 Å². The van der Waals surface area contributed by atoms with E-state index in [1.54, 1.807) is 0 Å². The quantitative estimate of drug-likeness (QED) is 0.665. The Morgan fingerprint density at radius 2 is 2.06 bits per heavy atom. The number of amides is 1. The SMILES string of the molecule is CC1(C)CC1NC(=O)c1cc(O)ccc1O. The minimum Gasteiger partial charge on any atom is -0.508 e. The van der Waals surface area contributed by atoms with Crippen molar-refractivity contribution in [3.8, 4) is 11.5 Å². The fourth-order valence-electron chi connectivity index (χ4n) is 1.66. The van der Waals surface area contributed by atoms with Crippen LogP contribution >= 0.6 is 0 Å². The van der Waals surface area contributed by atoms with Crippen LogP contribution in [0.15, 0.2) is 18.2 Å². The maximum Gasteiger partial charge on any atom is 0.255 e. The predicted molar refractivity (Wildman–Crippen MR) is 59.4 cm³/mol. The summed E-state index contributed by atoms with van der Waals surface area (Å²) in [5.41, 5.74) is 0.255. The second-order valence-corrected chi connectivity index (χ2v) is 4.92. The first kappa shape index (κ1) is 10.8. The van der Waals surface area contributed by atoms with E-state index in [2.05, 4.69) is 19.2 Å².